The summed E-state index contributed by atoms with van der Waals surface area (Å²) in [6.45, 7) is -1.59. The number of alkyl halides is 3. The van der Waals surface area contributed by atoms with E-state index < -0.39 is 12.8 Å². The quantitative estimate of drug-likeness (QED) is 0.793. The summed E-state index contributed by atoms with van der Waals surface area (Å²) in [6.07, 6.45) is -4.34. The molecule has 0 bridgehead atoms. The average Bonchev–Trinajstić information content (AvgIpc) is 2.70. The van der Waals surface area contributed by atoms with Gasteiger partial charge in [0.05, 0.1) is 6.61 Å². The summed E-state index contributed by atoms with van der Waals surface area (Å²) in [6, 6.07) is 4.90. The molecule has 0 atom stereocenters. The van der Waals surface area contributed by atoms with Gasteiger partial charge in [-0.2, -0.15) is 13.2 Å². The fraction of sp³-hybridized carbons (Fsp3) is 0.400. The summed E-state index contributed by atoms with van der Waals surface area (Å²) >= 11 is 5.81. The van der Waals surface area contributed by atoms with Gasteiger partial charge in [-0.3, -0.25) is 0 Å². The standard InChI is InChI=1S/C10H9ClF3N3O2/c11-7-1-2-8-9(5-7)17(16-15-8)19-4-3-18-6-10(12,13)14/h1-2,5H,3-4,6H2. The third kappa shape index (κ3) is 3.97. The van der Waals surface area contributed by atoms with Gasteiger partial charge in [-0.15, -0.1) is 5.10 Å². The van der Waals surface area contributed by atoms with E-state index in [1.807, 2.05) is 0 Å². The molecule has 2 aromatic rings. The minimum absolute atomic E-state index is 0.0823. The maximum atomic E-state index is 11.8. The molecule has 19 heavy (non-hydrogen) atoms. The zero-order chi connectivity index (χ0) is 13.9. The molecule has 0 saturated carbocycles. The van der Waals surface area contributed by atoms with Crippen molar-refractivity contribution in [3.05, 3.63) is 23.2 Å². The number of hydrogen-bond acceptors (Lipinski definition) is 4. The highest BCUT2D eigenvalue weighted by Crippen LogP contribution is 2.16. The number of benzene rings is 1. The molecule has 1 heterocycles. The lowest BCUT2D eigenvalue weighted by Gasteiger charge is -2.08. The van der Waals surface area contributed by atoms with E-state index in [0.29, 0.717) is 16.1 Å². The zero-order valence-electron chi connectivity index (χ0n) is 9.52. The van der Waals surface area contributed by atoms with Crippen LogP contribution in [0.15, 0.2) is 18.2 Å². The van der Waals surface area contributed by atoms with E-state index in [2.05, 4.69) is 15.0 Å². The van der Waals surface area contributed by atoms with Crippen molar-refractivity contribution in [3.63, 3.8) is 0 Å². The summed E-state index contributed by atoms with van der Waals surface area (Å²) < 4.78 is 39.8. The molecule has 104 valence electrons. The molecular formula is C10H9ClF3N3O2. The number of aromatic nitrogens is 3. The molecule has 0 amide bonds. The predicted molar refractivity (Wildman–Crippen MR) is 60.9 cm³/mol. The Labute approximate surface area is 110 Å². The predicted octanol–water partition coefficient (Wildman–Crippen LogP) is 2.09. The van der Waals surface area contributed by atoms with Gasteiger partial charge in [0, 0.05) is 5.02 Å². The van der Waals surface area contributed by atoms with Crippen LogP contribution in [-0.4, -0.2) is 41.2 Å². The number of halogens is 4. The molecule has 9 heteroatoms. The third-order valence-electron chi connectivity index (χ3n) is 2.08. The Bertz CT molecular complexity index is 558. The summed E-state index contributed by atoms with van der Waals surface area (Å²) in [5, 5.41) is 7.98. The summed E-state index contributed by atoms with van der Waals surface area (Å²) in [5.74, 6) is 0. The largest absolute Gasteiger partial charge is 0.411 e. The van der Waals surface area contributed by atoms with Crippen LogP contribution < -0.4 is 4.84 Å². The lowest BCUT2D eigenvalue weighted by molar-refractivity contribution is -0.176. The second kappa shape index (κ2) is 5.62. The van der Waals surface area contributed by atoms with Gasteiger partial charge >= 0.3 is 6.18 Å². The molecular weight excluding hydrogens is 287 g/mol. The highest BCUT2D eigenvalue weighted by Gasteiger charge is 2.27. The van der Waals surface area contributed by atoms with Gasteiger partial charge in [0.2, 0.25) is 0 Å². The highest BCUT2D eigenvalue weighted by molar-refractivity contribution is 6.31. The second-order valence-electron chi connectivity index (χ2n) is 3.60. The summed E-state index contributed by atoms with van der Waals surface area (Å²) in [5.41, 5.74) is 1.10. The topological polar surface area (TPSA) is 49.2 Å². The van der Waals surface area contributed by atoms with Crippen molar-refractivity contribution in [1.29, 1.82) is 0 Å². The summed E-state index contributed by atoms with van der Waals surface area (Å²) in [4.78, 5) is 6.22. The van der Waals surface area contributed by atoms with Crippen molar-refractivity contribution in [2.75, 3.05) is 19.8 Å². The number of hydrogen-bond donors (Lipinski definition) is 0. The molecule has 0 saturated heterocycles. The second-order valence-corrected chi connectivity index (χ2v) is 4.03. The fourth-order valence-corrected chi connectivity index (χ4v) is 1.50. The van der Waals surface area contributed by atoms with Crippen molar-refractivity contribution < 1.29 is 22.7 Å². The average molecular weight is 296 g/mol. The Morgan fingerprint density at radius 3 is 2.79 bits per heavy atom. The van der Waals surface area contributed by atoms with Crippen LogP contribution in [0.4, 0.5) is 13.2 Å². The maximum Gasteiger partial charge on any atom is 0.411 e. The molecule has 0 fully saturated rings. The van der Waals surface area contributed by atoms with Crippen LogP contribution in [0, 0.1) is 0 Å². The molecule has 0 aliphatic rings. The molecule has 5 nitrogen and oxygen atoms in total. The molecule has 0 spiro atoms. The maximum absolute atomic E-state index is 11.8. The minimum Gasteiger partial charge on any atom is -0.393 e. The van der Waals surface area contributed by atoms with Gasteiger partial charge in [0.1, 0.15) is 24.2 Å². The Hall–Kier alpha value is -1.54. The number of fused-ring (bicyclic) bond motifs is 1. The lowest BCUT2D eigenvalue weighted by Crippen LogP contribution is -2.22. The van der Waals surface area contributed by atoms with Gasteiger partial charge < -0.3 is 9.57 Å². The Morgan fingerprint density at radius 2 is 2.05 bits per heavy atom. The fourth-order valence-electron chi connectivity index (χ4n) is 1.34. The van der Waals surface area contributed by atoms with Crippen LogP contribution in [0.3, 0.4) is 0 Å². The SMILES string of the molecule is FC(F)(F)COCCOn1nnc2ccc(Cl)cc21. The van der Waals surface area contributed by atoms with E-state index >= 15 is 0 Å². The molecule has 0 aliphatic carbocycles. The molecule has 1 aromatic carbocycles. The Morgan fingerprint density at radius 1 is 1.26 bits per heavy atom. The Kier molecular flexibility index (Phi) is 4.11. The van der Waals surface area contributed by atoms with E-state index in [1.165, 1.54) is 0 Å². The number of nitrogens with zero attached hydrogens (tertiary/aromatic N) is 3. The zero-order valence-corrected chi connectivity index (χ0v) is 10.3. The molecule has 0 aliphatic heterocycles. The first-order valence-corrected chi connectivity index (χ1v) is 5.62. The van der Waals surface area contributed by atoms with Crippen LogP contribution in [0.25, 0.3) is 11.0 Å². The Balaban J connectivity index is 1.86. The van der Waals surface area contributed by atoms with Gasteiger partial charge in [0.25, 0.3) is 0 Å². The first-order chi connectivity index (χ1) is 8.96. The third-order valence-corrected chi connectivity index (χ3v) is 2.32. The van der Waals surface area contributed by atoms with Crippen molar-refractivity contribution >= 4 is 22.6 Å². The minimum atomic E-state index is -4.34. The smallest absolute Gasteiger partial charge is 0.393 e. The van der Waals surface area contributed by atoms with Gasteiger partial charge in [0.15, 0.2) is 0 Å². The number of ether oxygens (including phenoxy) is 1. The van der Waals surface area contributed by atoms with Crippen LogP contribution in [0.1, 0.15) is 0 Å². The van der Waals surface area contributed by atoms with Crippen molar-refractivity contribution in [2.45, 2.75) is 6.18 Å². The van der Waals surface area contributed by atoms with Gasteiger partial charge in [-0.1, -0.05) is 16.4 Å². The van der Waals surface area contributed by atoms with E-state index in [-0.39, 0.29) is 13.2 Å². The molecule has 2 rings (SSSR count). The van der Waals surface area contributed by atoms with E-state index in [0.717, 1.165) is 4.85 Å². The number of rotatable bonds is 5. The van der Waals surface area contributed by atoms with Crippen molar-refractivity contribution in [1.82, 2.24) is 15.2 Å². The highest BCUT2D eigenvalue weighted by atomic mass is 35.5. The van der Waals surface area contributed by atoms with Crippen molar-refractivity contribution in [2.24, 2.45) is 0 Å². The first-order valence-electron chi connectivity index (χ1n) is 5.24. The molecule has 0 unspecified atom stereocenters. The van der Waals surface area contributed by atoms with Crippen molar-refractivity contribution in [3.8, 4) is 0 Å². The van der Waals surface area contributed by atoms with E-state index in [1.54, 1.807) is 18.2 Å². The molecule has 0 N–H and O–H groups in total. The van der Waals surface area contributed by atoms with E-state index in [4.69, 9.17) is 16.4 Å². The van der Waals surface area contributed by atoms with Crippen LogP contribution in [-0.2, 0) is 4.74 Å². The first kappa shape index (κ1) is 13.9. The summed E-state index contributed by atoms with van der Waals surface area (Å²) in [7, 11) is 0. The normalized spacial score (nSPS) is 12.0. The van der Waals surface area contributed by atoms with E-state index in [9.17, 15) is 13.2 Å². The van der Waals surface area contributed by atoms with Gasteiger partial charge in [-0.05, 0) is 23.4 Å². The van der Waals surface area contributed by atoms with Crippen LogP contribution in [0.2, 0.25) is 5.02 Å². The molecule has 0 radical (unpaired) electrons. The molecule has 1 aromatic heterocycles. The monoisotopic (exact) mass is 295 g/mol. The van der Waals surface area contributed by atoms with Crippen LogP contribution >= 0.6 is 11.6 Å². The lowest BCUT2D eigenvalue weighted by atomic mass is 10.3. The van der Waals surface area contributed by atoms with Crippen LogP contribution in [0.5, 0.6) is 0 Å². The van der Waals surface area contributed by atoms with Gasteiger partial charge in [-0.25, -0.2) is 0 Å².